The van der Waals surface area contributed by atoms with Gasteiger partial charge < -0.3 is 15.6 Å². The lowest BCUT2D eigenvalue weighted by molar-refractivity contribution is -0.139. The van der Waals surface area contributed by atoms with Crippen LogP contribution in [0.4, 0.5) is 5.69 Å². The fourth-order valence-corrected chi connectivity index (χ4v) is 2.35. The van der Waals surface area contributed by atoms with Crippen molar-refractivity contribution in [3.63, 3.8) is 0 Å². The molecule has 2 rings (SSSR count). The molecule has 1 aromatic carbocycles. The number of hydrogen-bond acceptors (Lipinski definition) is 6. The molecule has 0 aliphatic rings. The molecule has 2 aromatic rings. The van der Waals surface area contributed by atoms with E-state index >= 15 is 0 Å². The van der Waals surface area contributed by atoms with E-state index in [2.05, 4.69) is 15.5 Å². The van der Waals surface area contributed by atoms with Crippen LogP contribution in [0.15, 0.2) is 29.4 Å². The van der Waals surface area contributed by atoms with E-state index in [1.807, 2.05) is 0 Å². The first-order chi connectivity index (χ1) is 12.3. The molecular weight excluding hydrogens is 407 g/mol. The maximum absolute atomic E-state index is 12.1. The zero-order valence-electron chi connectivity index (χ0n) is 12.9. The van der Waals surface area contributed by atoms with Gasteiger partial charge in [-0.05, 0) is 12.1 Å². The normalized spacial score (nSPS) is 10.7. The number of para-hydroxylation sites is 1. The summed E-state index contributed by atoms with van der Waals surface area (Å²) in [6.45, 7) is -0.515. The summed E-state index contributed by atoms with van der Waals surface area (Å²) >= 11 is 17.5. The number of rotatable bonds is 6. The quantitative estimate of drug-likeness (QED) is 0.377. The Morgan fingerprint density at radius 1 is 1.27 bits per heavy atom. The topological polar surface area (TPSA) is 127 Å². The van der Waals surface area contributed by atoms with Gasteiger partial charge in [0, 0.05) is 5.56 Å². The largest absolute Gasteiger partial charge is 0.481 e. The van der Waals surface area contributed by atoms with Gasteiger partial charge in [-0.25, -0.2) is 15.2 Å². The molecule has 11 heteroatoms. The molecule has 0 atom stereocenters. The van der Waals surface area contributed by atoms with E-state index in [1.54, 1.807) is 24.3 Å². The zero-order valence-corrected chi connectivity index (χ0v) is 15.1. The highest BCUT2D eigenvalue weighted by Gasteiger charge is 2.19. The number of ether oxygens (including phenoxy) is 1. The van der Waals surface area contributed by atoms with Gasteiger partial charge in [-0.3, -0.25) is 4.79 Å². The Hall–Kier alpha value is -2.55. The Bertz CT molecular complexity index is 889. The van der Waals surface area contributed by atoms with Crippen molar-refractivity contribution in [2.75, 3.05) is 12.3 Å². The van der Waals surface area contributed by atoms with Crippen LogP contribution in [0.2, 0.25) is 15.2 Å². The minimum absolute atomic E-state index is 0.0544. The second kappa shape index (κ2) is 8.70. The van der Waals surface area contributed by atoms with Crippen LogP contribution in [-0.2, 0) is 4.79 Å². The van der Waals surface area contributed by atoms with Crippen LogP contribution in [0.25, 0.3) is 0 Å². The number of carboxylic acids is 1. The number of amides is 1. The van der Waals surface area contributed by atoms with Crippen LogP contribution in [0.5, 0.6) is 5.75 Å². The lowest BCUT2D eigenvalue weighted by Crippen LogP contribution is -2.20. The molecule has 1 heterocycles. The van der Waals surface area contributed by atoms with Crippen LogP contribution in [-0.4, -0.2) is 34.8 Å². The van der Waals surface area contributed by atoms with Crippen molar-refractivity contribution in [2.24, 2.45) is 5.10 Å². The number of nitrogens with one attached hydrogen (secondary N) is 1. The number of aromatic nitrogens is 1. The van der Waals surface area contributed by atoms with Gasteiger partial charge in [0.1, 0.15) is 10.8 Å². The minimum atomic E-state index is -1.12. The third-order valence-electron chi connectivity index (χ3n) is 2.93. The molecule has 0 aliphatic heterocycles. The Balaban J connectivity index is 2.14. The number of nitrogen functional groups attached to an aromatic ring is 1. The number of pyridine rings is 1. The van der Waals surface area contributed by atoms with E-state index in [0.29, 0.717) is 5.56 Å². The Morgan fingerprint density at radius 3 is 2.65 bits per heavy atom. The predicted molar refractivity (Wildman–Crippen MR) is 98.3 cm³/mol. The highest BCUT2D eigenvalue weighted by molar-refractivity contribution is 6.46. The van der Waals surface area contributed by atoms with Gasteiger partial charge >= 0.3 is 5.97 Å². The standard InChI is InChI=1S/C15H11Cl3N4O4/c16-10-12(19)11(17)14(18)21-13(10)15(25)22-20-5-7-3-1-2-4-8(7)26-6-9(23)24/h1-5H,6H2,(H2,19,21)(H,22,25)(H,23,24). The Kier molecular flexibility index (Phi) is 6.62. The summed E-state index contributed by atoms with van der Waals surface area (Å²) in [5.74, 6) is -1.61. The summed E-state index contributed by atoms with van der Waals surface area (Å²) in [5.41, 5.74) is 7.98. The Morgan fingerprint density at radius 2 is 1.96 bits per heavy atom. The van der Waals surface area contributed by atoms with Gasteiger partial charge in [-0.15, -0.1) is 0 Å². The molecule has 136 valence electrons. The number of nitrogens with two attached hydrogens (primary N) is 1. The average molecular weight is 418 g/mol. The van der Waals surface area contributed by atoms with Crippen molar-refractivity contribution in [3.8, 4) is 5.75 Å². The number of hydrazone groups is 1. The van der Waals surface area contributed by atoms with Crippen LogP contribution < -0.4 is 15.9 Å². The highest BCUT2D eigenvalue weighted by Crippen LogP contribution is 2.34. The van der Waals surface area contributed by atoms with Gasteiger partial charge in [0.05, 0.1) is 16.9 Å². The zero-order chi connectivity index (χ0) is 19.3. The van der Waals surface area contributed by atoms with E-state index in [-0.39, 0.29) is 32.3 Å². The van der Waals surface area contributed by atoms with Gasteiger partial charge in [0.25, 0.3) is 5.91 Å². The van der Waals surface area contributed by atoms with Crippen molar-refractivity contribution >= 4 is 58.6 Å². The number of halogens is 3. The SMILES string of the molecule is Nc1c(Cl)c(Cl)nc(C(=O)NN=Cc2ccccc2OCC(=O)O)c1Cl. The van der Waals surface area contributed by atoms with Crippen LogP contribution in [0, 0.1) is 0 Å². The molecular formula is C15H11Cl3N4O4. The van der Waals surface area contributed by atoms with Crippen molar-refractivity contribution in [1.82, 2.24) is 10.4 Å². The molecule has 1 amide bonds. The van der Waals surface area contributed by atoms with Gasteiger partial charge in [0.15, 0.2) is 17.5 Å². The first-order valence-electron chi connectivity index (χ1n) is 6.88. The minimum Gasteiger partial charge on any atom is -0.481 e. The van der Waals surface area contributed by atoms with Crippen LogP contribution in [0.3, 0.4) is 0 Å². The summed E-state index contributed by atoms with van der Waals surface area (Å²) in [6.07, 6.45) is 1.27. The van der Waals surface area contributed by atoms with E-state index in [4.69, 9.17) is 50.4 Å². The van der Waals surface area contributed by atoms with Gasteiger partial charge in [-0.1, -0.05) is 46.9 Å². The van der Waals surface area contributed by atoms with Crippen molar-refractivity contribution in [2.45, 2.75) is 0 Å². The molecule has 1 aromatic heterocycles. The number of carbonyl (C=O) groups is 2. The maximum Gasteiger partial charge on any atom is 0.341 e. The predicted octanol–water partition coefficient (Wildman–Crippen LogP) is 2.85. The van der Waals surface area contributed by atoms with Crippen molar-refractivity contribution < 1.29 is 19.4 Å². The molecule has 0 radical (unpaired) electrons. The molecule has 8 nitrogen and oxygen atoms in total. The van der Waals surface area contributed by atoms with E-state index < -0.39 is 18.5 Å². The molecule has 0 spiro atoms. The fraction of sp³-hybridized carbons (Fsp3) is 0.0667. The molecule has 26 heavy (non-hydrogen) atoms. The molecule has 0 saturated carbocycles. The van der Waals surface area contributed by atoms with Crippen molar-refractivity contribution in [3.05, 3.63) is 50.7 Å². The maximum atomic E-state index is 12.1. The molecule has 0 unspecified atom stereocenters. The highest BCUT2D eigenvalue weighted by atomic mass is 35.5. The third-order valence-corrected chi connectivity index (χ3v) is 4.06. The van der Waals surface area contributed by atoms with Crippen LogP contribution >= 0.6 is 34.8 Å². The molecule has 4 N–H and O–H groups in total. The van der Waals surface area contributed by atoms with E-state index in [0.717, 1.165) is 0 Å². The summed E-state index contributed by atoms with van der Waals surface area (Å²) in [6, 6.07) is 6.53. The summed E-state index contributed by atoms with van der Waals surface area (Å²) < 4.78 is 5.12. The summed E-state index contributed by atoms with van der Waals surface area (Å²) in [7, 11) is 0. The fourth-order valence-electron chi connectivity index (χ4n) is 1.75. The first-order valence-corrected chi connectivity index (χ1v) is 8.01. The average Bonchev–Trinajstić information content (AvgIpc) is 2.61. The number of benzene rings is 1. The second-order valence-electron chi connectivity index (χ2n) is 4.71. The van der Waals surface area contributed by atoms with Gasteiger partial charge in [-0.2, -0.15) is 5.10 Å². The smallest absolute Gasteiger partial charge is 0.341 e. The monoisotopic (exact) mass is 416 g/mol. The lowest BCUT2D eigenvalue weighted by Gasteiger charge is -2.08. The Labute approximate surface area is 162 Å². The number of carboxylic acid groups (broad SMARTS) is 1. The van der Waals surface area contributed by atoms with E-state index in [9.17, 15) is 9.59 Å². The summed E-state index contributed by atoms with van der Waals surface area (Å²) in [5, 5.41) is 12.0. The van der Waals surface area contributed by atoms with Crippen molar-refractivity contribution in [1.29, 1.82) is 0 Å². The second-order valence-corrected chi connectivity index (χ2v) is 5.83. The number of hydrogen-bond donors (Lipinski definition) is 3. The number of aliphatic carboxylic acids is 1. The number of anilines is 1. The lowest BCUT2D eigenvalue weighted by atomic mass is 10.2. The van der Waals surface area contributed by atoms with Gasteiger partial charge in [0.2, 0.25) is 0 Å². The summed E-state index contributed by atoms with van der Waals surface area (Å²) in [4.78, 5) is 26.5. The molecule has 0 saturated heterocycles. The molecule has 0 bridgehead atoms. The van der Waals surface area contributed by atoms with Crippen LogP contribution in [0.1, 0.15) is 16.1 Å². The third kappa shape index (κ3) is 4.75. The number of carbonyl (C=O) groups excluding carboxylic acids is 1. The van der Waals surface area contributed by atoms with E-state index in [1.165, 1.54) is 6.21 Å². The number of nitrogens with zero attached hydrogens (tertiary/aromatic N) is 2. The first kappa shape index (κ1) is 19.8. The molecule has 0 fully saturated rings. The molecule has 0 aliphatic carbocycles.